The van der Waals surface area contributed by atoms with Crippen LogP contribution in [0.5, 0.6) is 0 Å². The van der Waals surface area contributed by atoms with Gasteiger partial charge in [-0.3, -0.25) is 4.68 Å². The van der Waals surface area contributed by atoms with E-state index < -0.39 is 16.0 Å². The Morgan fingerprint density at radius 3 is 2.57 bits per heavy atom. The molecule has 0 bridgehead atoms. The molecule has 1 N–H and O–H groups in total. The highest BCUT2D eigenvalue weighted by Gasteiger charge is 2.33. The Morgan fingerprint density at radius 2 is 1.96 bits per heavy atom. The molecule has 0 saturated heterocycles. The maximum absolute atomic E-state index is 12.7. The number of sulfonamides is 1. The molecule has 7 nitrogen and oxygen atoms in total. The highest BCUT2D eigenvalue weighted by Crippen LogP contribution is 2.27. The third kappa shape index (κ3) is 2.73. The summed E-state index contributed by atoms with van der Waals surface area (Å²) in [7, 11) is -2.05. The highest BCUT2D eigenvalue weighted by atomic mass is 35.5. The number of aromatic nitrogens is 2. The van der Waals surface area contributed by atoms with Crippen molar-refractivity contribution in [2.75, 3.05) is 6.54 Å². The number of fused-ring (bicyclic) bond motifs is 1. The van der Waals surface area contributed by atoms with E-state index in [2.05, 4.69) is 5.10 Å². The number of rotatable bonds is 3. The van der Waals surface area contributed by atoms with Crippen LogP contribution in [-0.4, -0.2) is 40.1 Å². The zero-order valence-electron chi connectivity index (χ0n) is 12.2. The van der Waals surface area contributed by atoms with Gasteiger partial charge < -0.3 is 5.11 Å². The van der Waals surface area contributed by atoms with Gasteiger partial charge in [0.1, 0.15) is 0 Å². The highest BCUT2D eigenvalue weighted by molar-refractivity contribution is 7.89. The van der Waals surface area contributed by atoms with E-state index in [1.807, 2.05) is 0 Å². The average Bonchev–Trinajstić information content (AvgIpc) is 2.85. The van der Waals surface area contributed by atoms with Gasteiger partial charge in [-0.25, -0.2) is 13.2 Å². The number of nitrogens with zero attached hydrogens (tertiary/aromatic N) is 3. The third-order valence-electron chi connectivity index (χ3n) is 3.87. The maximum atomic E-state index is 12.7. The van der Waals surface area contributed by atoms with Crippen LogP contribution in [0.4, 0.5) is 0 Å². The average molecular weight is 356 g/mol. The summed E-state index contributed by atoms with van der Waals surface area (Å²) in [5.74, 6) is -1.10. The second-order valence-electron chi connectivity index (χ2n) is 5.25. The van der Waals surface area contributed by atoms with Crippen molar-refractivity contribution < 1.29 is 18.3 Å². The van der Waals surface area contributed by atoms with Crippen LogP contribution in [0.25, 0.3) is 0 Å². The summed E-state index contributed by atoms with van der Waals surface area (Å²) in [4.78, 5) is 11.4. The molecular weight excluding hydrogens is 342 g/mol. The molecule has 1 aliphatic rings. The second-order valence-corrected chi connectivity index (χ2v) is 7.62. The van der Waals surface area contributed by atoms with E-state index in [4.69, 9.17) is 16.7 Å². The molecule has 0 fully saturated rings. The van der Waals surface area contributed by atoms with Crippen molar-refractivity contribution in [2.45, 2.75) is 17.9 Å². The topological polar surface area (TPSA) is 92.5 Å². The quantitative estimate of drug-likeness (QED) is 0.901. The molecule has 0 amide bonds. The molecule has 0 saturated carbocycles. The molecule has 2 aromatic rings. The van der Waals surface area contributed by atoms with Gasteiger partial charge in [-0.1, -0.05) is 11.6 Å². The number of carbonyl (C=O) groups is 1. The van der Waals surface area contributed by atoms with Gasteiger partial charge in [-0.15, -0.1) is 0 Å². The van der Waals surface area contributed by atoms with Gasteiger partial charge in [0.25, 0.3) is 0 Å². The number of carboxylic acid groups (broad SMARTS) is 1. The largest absolute Gasteiger partial charge is 0.476 e. The molecule has 0 spiro atoms. The van der Waals surface area contributed by atoms with Gasteiger partial charge in [-0.2, -0.15) is 9.40 Å². The van der Waals surface area contributed by atoms with E-state index in [0.717, 1.165) is 0 Å². The van der Waals surface area contributed by atoms with Gasteiger partial charge in [0.15, 0.2) is 5.69 Å². The Bertz CT molecular complexity index is 874. The molecule has 23 heavy (non-hydrogen) atoms. The number of aryl methyl sites for hydroxylation is 1. The molecule has 0 radical (unpaired) electrons. The summed E-state index contributed by atoms with van der Waals surface area (Å²) in [6.07, 6.45) is 0.317. The predicted molar refractivity (Wildman–Crippen MR) is 82.9 cm³/mol. The number of carboxylic acids is 1. The van der Waals surface area contributed by atoms with Crippen LogP contribution in [0.15, 0.2) is 29.2 Å². The first-order valence-electron chi connectivity index (χ1n) is 6.84. The van der Waals surface area contributed by atoms with E-state index in [1.165, 1.54) is 33.3 Å². The smallest absolute Gasteiger partial charge is 0.356 e. The number of hydrogen-bond acceptors (Lipinski definition) is 4. The van der Waals surface area contributed by atoms with Crippen molar-refractivity contribution >= 4 is 27.6 Å². The first-order valence-corrected chi connectivity index (χ1v) is 8.66. The molecule has 3 rings (SSSR count). The van der Waals surface area contributed by atoms with Crippen LogP contribution in [0, 0.1) is 0 Å². The Labute approximate surface area is 138 Å². The fourth-order valence-electron chi connectivity index (χ4n) is 2.68. The molecule has 0 atom stereocenters. The number of halogens is 1. The normalized spacial score (nSPS) is 15.4. The minimum Gasteiger partial charge on any atom is -0.476 e. The molecule has 1 aromatic carbocycles. The summed E-state index contributed by atoms with van der Waals surface area (Å²) in [5, 5.41) is 13.6. The molecule has 9 heteroatoms. The van der Waals surface area contributed by atoms with Crippen LogP contribution in [0.3, 0.4) is 0 Å². The van der Waals surface area contributed by atoms with E-state index in [0.29, 0.717) is 22.7 Å². The standard InChI is InChI=1S/C14H14ClN3O4S/c1-17-12-8-18(7-6-11(12)13(16-17)14(19)20)23(21,22)10-4-2-9(15)3-5-10/h2-5H,6-8H2,1H3,(H,19,20). The molecule has 0 unspecified atom stereocenters. The summed E-state index contributed by atoms with van der Waals surface area (Å²) >= 11 is 5.79. The van der Waals surface area contributed by atoms with Gasteiger partial charge >= 0.3 is 5.97 Å². The summed E-state index contributed by atoms with van der Waals surface area (Å²) in [6.45, 7) is 0.307. The predicted octanol–water partition coefficient (Wildman–Crippen LogP) is 1.52. The third-order valence-corrected chi connectivity index (χ3v) is 5.98. The van der Waals surface area contributed by atoms with Crippen molar-refractivity contribution in [1.82, 2.24) is 14.1 Å². The van der Waals surface area contributed by atoms with E-state index in [-0.39, 0.29) is 23.7 Å². The first kappa shape index (κ1) is 16.0. The monoisotopic (exact) mass is 355 g/mol. The summed E-state index contributed by atoms with van der Waals surface area (Å²) in [6, 6.07) is 5.96. The van der Waals surface area contributed by atoms with Crippen molar-refractivity contribution in [1.29, 1.82) is 0 Å². The van der Waals surface area contributed by atoms with Crippen molar-refractivity contribution in [2.24, 2.45) is 7.05 Å². The summed E-state index contributed by atoms with van der Waals surface area (Å²) in [5.41, 5.74) is 1.19. The Morgan fingerprint density at radius 1 is 1.30 bits per heavy atom. The molecule has 1 aliphatic heterocycles. The molecule has 122 valence electrons. The lowest BCUT2D eigenvalue weighted by atomic mass is 10.1. The number of hydrogen-bond donors (Lipinski definition) is 1. The van der Waals surface area contributed by atoms with Gasteiger partial charge in [0.2, 0.25) is 10.0 Å². The maximum Gasteiger partial charge on any atom is 0.356 e. The van der Waals surface area contributed by atoms with Gasteiger partial charge in [0, 0.05) is 24.2 Å². The van der Waals surface area contributed by atoms with Gasteiger partial charge in [0.05, 0.1) is 17.1 Å². The van der Waals surface area contributed by atoms with Crippen LogP contribution in [0.2, 0.25) is 5.02 Å². The first-order chi connectivity index (χ1) is 10.8. The SMILES string of the molecule is Cn1nc(C(=O)O)c2c1CN(S(=O)(=O)c1ccc(Cl)cc1)CC2. The minimum absolute atomic E-state index is 0.00830. The van der Waals surface area contributed by atoms with Crippen molar-refractivity contribution in [3.8, 4) is 0 Å². The van der Waals surface area contributed by atoms with E-state index in [1.54, 1.807) is 7.05 Å². The lowest BCUT2D eigenvalue weighted by Gasteiger charge is -2.26. The second kappa shape index (κ2) is 5.63. The number of aromatic carboxylic acids is 1. The molecular formula is C14H14ClN3O4S. The lowest BCUT2D eigenvalue weighted by Crippen LogP contribution is -2.36. The number of benzene rings is 1. The van der Waals surface area contributed by atoms with E-state index in [9.17, 15) is 13.2 Å². The van der Waals surface area contributed by atoms with Gasteiger partial charge in [-0.05, 0) is 30.7 Å². The summed E-state index contributed by atoms with van der Waals surface area (Å²) < 4.78 is 28.2. The molecule has 0 aliphatic carbocycles. The van der Waals surface area contributed by atoms with Crippen LogP contribution >= 0.6 is 11.6 Å². The Balaban J connectivity index is 1.96. The minimum atomic E-state index is -3.66. The Hall–Kier alpha value is -1.90. The van der Waals surface area contributed by atoms with Crippen molar-refractivity contribution in [3.63, 3.8) is 0 Å². The zero-order chi connectivity index (χ0) is 16.8. The fourth-order valence-corrected chi connectivity index (χ4v) is 4.21. The molecule has 2 heterocycles. The fraction of sp³-hybridized carbons (Fsp3) is 0.286. The van der Waals surface area contributed by atoms with Crippen molar-refractivity contribution in [3.05, 3.63) is 46.2 Å². The van der Waals surface area contributed by atoms with Crippen LogP contribution in [-0.2, 0) is 30.0 Å². The zero-order valence-corrected chi connectivity index (χ0v) is 13.8. The Kier molecular flexibility index (Phi) is 3.91. The van der Waals surface area contributed by atoms with Crippen LogP contribution < -0.4 is 0 Å². The molecule has 1 aromatic heterocycles. The van der Waals surface area contributed by atoms with Crippen LogP contribution in [0.1, 0.15) is 21.7 Å². The van der Waals surface area contributed by atoms with E-state index >= 15 is 0 Å². The lowest BCUT2D eigenvalue weighted by molar-refractivity contribution is 0.0688.